The second kappa shape index (κ2) is 14.3. The maximum absolute atomic E-state index is 11.0. The Morgan fingerprint density at radius 3 is 1.38 bits per heavy atom. The molecule has 0 aliphatic carbocycles. The van der Waals surface area contributed by atoms with E-state index in [1.54, 1.807) is 12.4 Å². The van der Waals surface area contributed by atoms with Crippen LogP contribution in [-0.2, 0) is 25.7 Å². The molecule has 4 aromatic rings. The average molecular weight is 563 g/mol. The predicted molar refractivity (Wildman–Crippen MR) is 180 cm³/mol. The number of aryl methyl sites for hydroxylation is 4. The van der Waals surface area contributed by atoms with E-state index in [2.05, 4.69) is 77.9 Å². The number of benzene rings is 4. The van der Waals surface area contributed by atoms with E-state index in [0.717, 1.165) is 71.6 Å². The minimum absolute atomic E-state index is 0.288. The van der Waals surface area contributed by atoms with Crippen LogP contribution in [0.4, 0.5) is 11.4 Å². The van der Waals surface area contributed by atoms with E-state index in [0.29, 0.717) is 23.2 Å². The van der Waals surface area contributed by atoms with Gasteiger partial charge in [-0.15, -0.1) is 0 Å². The van der Waals surface area contributed by atoms with Gasteiger partial charge in [-0.3, -0.25) is 9.98 Å². The Morgan fingerprint density at radius 2 is 1.02 bits per heavy atom. The van der Waals surface area contributed by atoms with Gasteiger partial charge in [0.25, 0.3) is 0 Å². The number of rotatable bonds is 12. The molecule has 4 nitrogen and oxygen atoms in total. The van der Waals surface area contributed by atoms with Gasteiger partial charge in [0, 0.05) is 23.6 Å². The number of hydrogen-bond acceptors (Lipinski definition) is 4. The van der Waals surface area contributed by atoms with Crippen molar-refractivity contribution in [3.63, 3.8) is 0 Å². The number of nitrogens with zero attached hydrogens (tertiary/aromatic N) is 2. The fourth-order valence-corrected chi connectivity index (χ4v) is 5.21. The molecule has 0 aliphatic heterocycles. The Labute approximate surface area is 251 Å². The van der Waals surface area contributed by atoms with E-state index >= 15 is 0 Å². The zero-order valence-electron chi connectivity index (χ0n) is 26.1. The zero-order chi connectivity index (χ0) is 30.2. The molecule has 4 aromatic carbocycles. The first-order chi connectivity index (χ1) is 20.2. The van der Waals surface area contributed by atoms with E-state index in [1.165, 1.54) is 11.1 Å². The van der Waals surface area contributed by atoms with Gasteiger partial charge in [-0.25, -0.2) is 0 Å². The van der Waals surface area contributed by atoms with Gasteiger partial charge in [0.2, 0.25) is 0 Å². The van der Waals surface area contributed by atoms with Crippen molar-refractivity contribution < 1.29 is 10.2 Å². The number of phenolic OH excluding ortho intramolecular Hbond substituents is 2. The molecule has 4 heteroatoms. The molecule has 4 rings (SSSR count). The Hall–Kier alpha value is -3.92. The lowest BCUT2D eigenvalue weighted by Crippen LogP contribution is -1.97. The number of hydrogen-bond donors (Lipinski definition) is 2. The van der Waals surface area contributed by atoms with Gasteiger partial charge in [0.1, 0.15) is 11.5 Å². The van der Waals surface area contributed by atoms with Crippen LogP contribution in [0.5, 0.6) is 11.5 Å². The number of phenols is 2. The summed E-state index contributed by atoms with van der Waals surface area (Å²) in [5.74, 6) is 1.80. The van der Waals surface area contributed by atoms with Gasteiger partial charge in [-0.05, 0) is 108 Å². The van der Waals surface area contributed by atoms with E-state index in [4.69, 9.17) is 9.98 Å². The molecule has 0 radical (unpaired) electrons. The monoisotopic (exact) mass is 562 g/mol. The van der Waals surface area contributed by atoms with Gasteiger partial charge in [-0.2, -0.15) is 0 Å². The summed E-state index contributed by atoms with van der Waals surface area (Å²) in [5, 5.41) is 24.1. The maximum Gasteiger partial charge on any atom is 0.127 e. The fourth-order valence-electron chi connectivity index (χ4n) is 5.21. The van der Waals surface area contributed by atoms with Crippen molar-refractivity contribution in [3.05, 3.63) is 94.0 Å². The van der Waals surface area contributed by atoms with Gasteiger partial charge in [0.15, 0.2) is 0 Å². The first kappa shape index (κ1) is 31.0. The smallest absolute Gasteiger partial charge is 0.127 e. The number of aromatic hydroxyl groups is 2. The normalized spacial score (nSPS) is 12.1. The van der Waals surface area contributed by atoms with Gasteiger partial charge in [-0.1, -0.05) is 77.9 Å². The molecule has 0 spiro atoms. The third kappa shape index (κ3) is 7.88. The van der Waals surface area contributed by atoms with E-state index in [1.807, 2.05) is 24.3 Å². The van der Waals surface area contributed by atoms with Crippen LogP contribution in [0.15, 0.2) is 70.6 Å². The molecule has 2 N–H and O–H groups in total. The topological polar surface area (TPSA) is 65.2 Å². The highest BCUT2D eigenvalue weighted by Crippen LogP contribution is 2.35. The zero-order valence-corrected chi connectivity index (χ0v) is 26.1. The van der Waals surface area contributed by atoms with Crippen molar-refractivity contribution in [2.24, 2.45) is 21.8 Å². The van der Waals surface area contributed by atoms with Crippen molar-refractivity contribution in [1.82, 2.24) is 0 Å². The second-order valence-corrected chi connectivity index (χ2v) is 12.2. The summed E-state index contributed by atoms with van der Waals surface area (Å²) in [6.07, 6.45) is 9.16. The lowest BCUT2D eigenvalue weighted by Gasteiger charge is -2.12. The highest BCUT2D eigenvalue weighted by Gasteiger charge is 2.11. The van der Waals surface area contributed by atoms with Crippen molar-refractivity contribution in [2.75, 3.05) is 0 Å². The lowest BCUT2D eigenvalue weighted by molar-refractivity contribution is 0.467. The molecule has 0 aliphatic rings. The predicted octanol–water partition coefficient (Wildman–Crippen LogP) is 10.1. The van der Waals surface area contributed by atoms with Crippen molar-refractivity contribution in [3.8, 4) is 11.5 Å². The standard InChI is InChI=1S/C38H46N2O2/c1-7-29-17-27(15-13-25(3)4)19-33(37(29)41)23-39-35-21-31-11-9-10-12-32(31)22-36(35)40-24-34-20-28(16-14-26(5)6)18-30(8-2)38(34)42/h9-12,17-26,41-42H,7-8,13-16H2,1-6H3. The van der Waals surface area contributed by atoms with Crippen LogP contribution in [0.2, 0.25) is 0 Å². The number of fused-ring (bicyclic) bond motifs is 1. The second-order valence-electron chi connectivity index (χ2n) is 12.2. The van der Waals surface area contributed by atoms with Crippen molar-refractivity contribution >= 4 is 34.6 Å². The van der Waals surface area contributed by atoms with Crippen LogP contribution < -0.4 is 0 Å². The number of aliphatic imine (C=N–C) groups is 2. The van der Waals surface area contributed by atoms with Crippen LogP contribution in [-0.4, -0.2) is 22.6 Å². The van der Waals surface area contributed by atoms with Crippen LogP contribution in [0.1, 0.15) is 87.8 Å². The minimum Gasteiger partial charge on any atom is -0.507 e. The molecule has 0 unspecified atom stereocenters. The molecule has 42 heavy (non-hydrogen) atoms. The van der Waals surface area contributed by atoms with E-state index in [-0.39, 0.29) is 11.5 Å². The molecule has 0 saturated carbocycles. The largest absolute Gasteiger partial charge is 0.507 e. The molecule has 220 valence electrons. The third-order valence-corrected chi connectivity index (χ3v) is 7.87. The van der Waals surface area contributed by atoms with Crippen LogP contribution in [0.3, 0.4) is 0 Å². The Morgan fingerprint density at radius 1 is 0.619 bits per heavy atom. The average Bonchev–Trinajstić information content (AvgIpc) is 2.98. The molecule has 0 aromatic heterocycles. The van der Waals surface area contributed by atoms with Crippen molar-refractivity contribution in [1.29, 1.82) is 0 Å². The molecular formula is C38H46N2O2. The van der Waals surface area contributed by atoms with Crippen LogP contribution >= 0.6 is 0 Å². The minimum atomic E-state index is 0.288. The summed E-state index contributed by atoms with van der Waals surface area (Å²) in [6.45, 7) is 13.1. The Bertz CT molecular complexity index is 1460. The highest BCUT2D eigenvalue weighted by molar-refractivity contribution is 5.96. The molecular weight excluding hydrogens is 516 g/mol. The van der Waals surface area contributed by atoms with Gasteiger partial charge < -0.3 is 10.2 Å². The summed E-state index contributed by atoms with van der Waals surface area (Å²) in [5.41, 5.74) is 7.18. The van der Waals surface area contributed by atoms with E-state index < -0.39 is 0 Å². The molecule has 0 fully saturated rings. The maximum atomic E-state index is 11.0. The molecule has 0 amide bonds. The summed E-state index contributed by atoms with van der Waals surface area (Å²) >= 11 is 0. The Kier molecular flexibility index (Phi) is 10.6. The van der Waals surface area contributed by atoms with Crippen LogP contribution in [0.25, 0.3) is 10.8 Å². The fraction of sp³-hybridized carbons (Fsp3) is 0.368. The first-order valence-corrected chi connectivity index (χ1v) is 15.5. The summed E-state index contributed by atoms with van der Waals surface area (Å²) in [7, 11) is 0. The third-order valence-electron chi connectivity index (χ3n) is 7.87. The van der Waals surface area contributed by atoms with E-state index in [9.17, 15) is 10.2 Å². The van der Waals surface area contributed by atoms with Gasteiger partial charge >= 0.3 is 0 Å². The summed E-state index contributed by atoms with van der Waals surface area (Å²) in [6, 6.07) is 20.6. The first-order valence-electron chi connectivity index (χ1n) is 15.5. The van der Waals surface area contributed by atoms with Crippen LogP contribution in [0, 0.1) is 11.8 Å². The SMILES string of the molecule is CCc1cc(CCC(C)C)cc(C=Nc2cc3ccccc3cc2N=Cc2cc(CCC(C)C)cc(CC)c2O)c1O. The highest BCUT2D eigenvalue weighted by atomic mass is 16.3. The Balaban J connectivity index is 1.76. The quantitative estimate of drug-likeness (QED) is 0.169. The molecule has 0 saturated heterocycles. The lowest BCUT2D eigenvalue weighted by atomic mass is 9.97. The molecule has 0 atom stereocenters. The summed E-state index contributed by atoms with van der Waals surface area (Å²) in [4.78, 5) is 9.75. The molecule has 0 bridgehead atoms. The summed E-state index contributed by atoms with van der Waals surface area (Å²) < 4.78 is 0. The van der Waals surface area contributed by atoms with Gasteiger partial charge in [0.05, 0.1) is 11.4 Å². The molecule has 0 heterocycles. The van der Waals surface area contributed by atoms with Crippen molar-refractivity contribution in [2.45, 2.75) is 80.1 Å².